The first kappa shape index (κ1) is 7.95. The molecule has 1 aromatic rings. The summed E-state index contributed by atoms with van der Waals surface area (Å²) >= 11 is 0. The molecule has 0 saturated heterocycles. The second-order valence-corrected chi connectivity index (χ2v) is 2.36. The van der Waals surface area contributed by atoms with E-state index in [4.69, 9.17) is 0 Å². The Labute approximate surface area is 66.2 Å². The maximum atomic E-state index is 9.25. The third kappa shape index (κ3) is 1.65. The molecule has 58 valence electrons. The van der Waals surface area contributed by atoms with Gasteiger partial charge in [-0.05, 0) is 19.1 Å². The molecule has 0 aromatic carbocycles. The molecule has 2 heteroatoms. The van der Waals surface area contributed by atoms with Crippen LogP contribution in [0, 0.1) is 0 Å². The molecule has 0 amide bonds. The third-order valence-corrected chi connectivity index (χ3v) is 1.51. The van der Waals surface area contributed by atoms with Crippen LogP contribution in [0.1, 0.15) is 24.3 Å². The second kappa shape index (κ2) is 3.30. The first-order valence-electron chi connectivity index (χ1n) is 3.51. The second-order valence-electron chi connectivity index (χ2n) is 2.36. The van der Waals surface area contributed by atoms with Crippen LogP contribution in [0.15, 0.2) is 24.9 Å². The lowest BCUT2D eigenvalue weighted by Gasteiger charge is -2.06. The lowest BCUT2D eigenvalue weighted by Crippen LogP contribution is -1.95. The monoisotopic (exact) mass is 149 g/mol. The minimum absolute atomic E-state index is 0.475. The third-order valence-electron chi connectivity index (χ3n) is 1.51. The molecular weight excluding hydrogens is 138 g/mol. The predicted octanol–water partition coefficient (Wildman–Crippen LogP) is 1.78. The number of aliphatic hydroxyl groups is 1. The molecule has 0 unspecified atom stereocenters. The highest BCUT2D eigenvalue weighted by Gasteiger charge is 2.04. The molecule has 0 radical (unpaired) electrons. The van der Waals surface area contributed by atoms with Gasteiger partial charge in [-0.1, -0.05) is 12.6 Å². The molecule has 1 aromatic heterocycles. The zero-order valence-corrected chi connectivity index (χ0v) is 6.49. The van der Waals surface area contributed by atoms with E-state index in [2.05, 4.69) is 11.6 Å². The maximum absolute atomic E-state index is 9.25. The van der Waals surface area contributed by atoms with Gasteiger partial charge in [0, 0.05) is 11.8 Å². The molecule has 0 fully saturated rings. The molecule has 1 heterocycles. The Hall–Kier alpha value is -1.15. The molecule has 2 nitrogen and oxygen atoms in total. The average molecular weight is 149 g/mol. The van der Waals surface area contributed by atoms with Crippen molar-refractivity contribution in [2.45, 2.75) is 13.0 Å². The standard InChI is InChI=1S/C9H11NO/c1-3-9-8(7(2)11)5-4-6-10-9/h3-7,11H,1H2,2H3/t7-/m1/s1. The van der Waals surface area contributed by atoms with Crippen molar-refractivity contribution in [3.8, 4) is 0 Å². The van der Waals surface area contributed by atoms with Gasteiger partial charge < -0.3 is 5.11 Å². The minimum atomic E-state index is -0.475. The quantitative estimate of drug-likeness (QED) is 0.695. The van der Waals surface area contributed by atoms with Gasteiger partial charge in [0.05, 0.1) is 11.8 Å². The Bertz CT molecular complexity index is 255. The molecular formula is C9H11NO. The average Bonchev–Trinajstić information content (AvgIpc) is 2.04. The molecule has 1 N–H and O–H groups in total. The van der Waals surface area contributed by atoms with Gasteiger partial charge >= 0.3 is 0 Å². The Kier molecular flexibility index (Phi) is 2.39. The van der Waals surface area contributed by atoms with Crippen LogP contribution in [-0.2, 0) is 0 Å². The van der Waals surface area contributed by atoms with Crippen LogP contribution in [0.3, 0.4) is 0 Å². The molecule has 11 heavy (non-hydrogen) atoms. The fourth-order valence-corrected chi connectivity index (χ4v) is 0.954. The number of rotatable bonds is 2. The van der Waals surface area contributed by atoms with Crippen molar-refractivity contribution in [3.05, 3.63) is 36.2 Å². The van der Waals surface area contributed by atoms with E-state index in [9.17, 15) is 5.11 Å². The highest BCUT2D eigenvalue weighted by atomic mass is 16.3. The highest BCUT2D eigenvalue weighted by Crippen LogP contribution is 2.15. The molecule has 1 rings (SSSR count). The van der Waals surface area contributed by atoms with Gasteiger partial charge in [0.1, 0.15) is 0 Å². The van der Waals surface area contributed by atoms with Crippen LogP contribution in [0.2, 0.25) is 0 Å². The predicted molar refractivity (Wildman–Crippen MR) is 45.0 cm³/mol. The van der Waals surface area contributed by atoms with Crippen molar-refractivity contribution in [3.63, 3.8) is 0 Å². The Balaban J connectivity index is 3.12. The number of nitrogens with zero attached hydrogens (tertiary/aromatic N) is 1. The zero-order chi connectivity index (χ0) is 8.27. The summed E-state index contributed by atoms with van der Waals surface area (Å²) in [7, 11) is 0. The van der Waals surface area contributed by atoms with E-state index in [1.165, 1.54) is 0 Å². The number of hydrogen-bond acceptors (Lipinski definition) is 2. The number of aromatic nitrogens is 1. The summed E-state index contributed by atoms with van der Waals surface area (Å²) in [6.45, 7) is 5.31. The van der Waals surface area contributed by atoms with E-state index in [1.54, 1.807) is 25.3 Å². The number of hydrogen-bond donors (Lipinski definition) is 1. The van der Waals surface area contributed by atoms with Crippen molar-refractivity contribution in [1.82, 2.24) is 4.98 Å². The van der Waals surface area contributed by atoms with E-state index in [1.807, 2.05) is 6.07 Å². The summed E-state index contributed by atoms with van der Waals surface area (Å²) in [5, 5.41) is 9.25. The van der Waals surface area contributed by atoms with Crippen molar-refractivity contribution in [2.24, 2.45) is 0 Å². The van der Waals surface area contributed by atoms with Gasteiger partial charge in [-0.25, -0.2) is 0 Å². The summed E-state index contributed by atoms with van der Waals surface area (Å²) in [6.07, 6.45) is 2.85. The maximum Gasteiger partial charge on any atom is 0.0782 e. The van der Waals surface area contributed by atoms with Crippen molar-refractivity contribution in [2.75, 3.05) is 0 Å². The van der Waals surface area contributed by atoms with Gasteiger partial charge in [-0.3, -0.25) is 4.98 Å². The minimum Gasteiger partial charge on any atom is -0.389 e. The van der Waals surface area contributed by atoms with Gasteiger partial charge in [0.15, 0.2) is 0 Å². The summed E-state index contributed by atoms with van der Waals surface area (Å²) < 4.78 is 0. The van der Waals surface area contributed by atoms with Crippen LogP contribution < -0.4 is 0 Å². The molecule has 1 atom stereocenters. The lowest BCUT2D eigenvalue weighted by atomic mass is 10.1. The first-order chi connectivity index (χ1) is 5.25. The fraction of sp³-hybridized carbons (Fsp3) is 0.222. The highest BCUT2D eigenvalue weighted by molar-refractivity contribution is 5.47. The summed E-state index contributed by atoms with van der Waals surface area (Å²) in [5.41, 5.74) is 1.57. The van der Waals surface area contributed by atoms with Gasteiger partial charge in [-0.15, -0.1) is 0 Å². The molecule has 0 aliphatic carbocycles. The van der Waals surface area contributed by atoms with Crippen LogP contribution in [0.4, 0.5) is 0 Å². The molecule has 0 saturated carbocycles. The Morgan fingerprint density at radius 3 is 2.91 bits per heavy atom. The summed E-state index contributed by atoms with van der Waals surface area (Å²) in [6, 6.07) is 3.64. The molecule has 0 spiro atoms. The topological polar surface area (TPSA) is 33.1 Å². The Morgan fingerprint density at radius 2 is 2.45 bits per heavy atom. The van der Waals surface area contributed by atoms with E-state index in [-0.39, 0.29) is 0 Å². The lowest BCUT2D eigenvalue weighted by molar-refractivity contribution is 0.198. The van der Waals surface area contributed by atoms with E-state index in [0.717, 1.165) is 11.3 Å². The van der Waals surface area contributed by atoms with Crippen LogP contribution in [0.5, 0.6) is 0 Å². The number of aliphatic hydroxyl groups excluding tert-OH is 1. The van der Waals surface area contributed by atoms with Crippen LogP contribution in [-0.4, -0.2) is 10.1 Å². The van der Waals surface area contributed by atoms with Crippen LogP contribution >= 0.6 is 0 Å². The molecule has 0 aliphatic rings. The van der Waals surface area contributed by atoms with E-state index in [0.29, 0.717) is 0 Å². The normalized spacial score (nSPS) is 12.5. The summed E-state index contributed by atoms with van der Waals surface area (Å²) in [5.74, 6) is 0. The summed E-state index contributed by atoms with van der Waals surface area (Å²) in [4.78, 5) is 4.04. The van der Waals surface area contributed by atoms with Gasteiger partial charge in [-0.2, -0.15) is 0 Å². The largest absolute Gasteiger partial charge is 0.389 e. The van der Waals surface area contributed by atoms with Crippen molar-refractivity contribution < 1.29 is 5.11 Å². The SMILES string of the molecule is C=Cc1ncccc1[C@@H](C)O. The van der Waals surface area contributed by atoms with Crippen molar-refractivity contribution in [1.29, 1.82) is 0 Å². The zero-order valence-electron chi connectivity index (χ0n) is 6.49. The Morgan fingerprint density at radius 1 is 1.73 bits per heavy atom. The van der Waals surface area contributed by atoms with Gasteiger partial charge in [0.25, 0.3) is 0 Å². The van der Waals surface area contributed by atoms with E-state index < -0.39 is 6.10 Å². The van der Waals surface area contributed by atoms with E-state index >= 15 is 0 Å². The molecule has 0 aliphatic heterocycles. The van der Waals surface area contributed by atoms with Gasteiger partial charge in [0.2, 0.25) is 0 Å². The first-order valence-corrected chi connectivity index (χ1v) is 3.51. The van der Waals surface area contributed by atoms with Crippen LogP contribution in [0.25, 0.3) is 6.08 Å². The number of pyridine rings is 1. The molecule has 0 bridgehead atoms. The smallest absolute Gasteiger partial charge is 0.0782 e. The van der Waals surface area contributed by atoms with Crippen molar-refractivity contribution >= 4 is 6.08 Å². The fourth-order valence-electron chi connectivity index (χ4n) is 0.954.